The van der Waals surface area contributed by atoms with E-state index in [1.807, 2.05) is 11.8 Å². The zero-order valence-corrected chi connectivity index (χ0v) is 12.0. The molecule has 2 N–H and O–H groups in total. The van der Waals surface area contributed by atoms with Crippen molar-refractivity contribution in [3.63, 3.8) is 0 Å². The van der Waals surface area contributed by atoms with Crippen LogP contribution in [0.1, 0.15) is 39.5 Å². The highest BCUT2D eigenvalue weighted by molar-refractivity contribution is 7.99. The van der Waals surface area contributed by atoms with Crippen LogP contribution in [0.15, 0.2) is 0 Å². The number of ether oxygens (including phenoxy) is 1. The van der Waals surface area contributed by atoms with Gasteiger partial charge in [0.05, 0.1) is 6.61 Å². The highest BCUT2D eigenvalue weighted by Gasteiger charge is 2.23. The molecule has 17 heavy (non-hydrogen) atoms. The van der Waals surface area contributed by atoms with Gasteiger partial charge in [-0.25, -0.2) is 0 Å². The van der Waals surface area contributed by atoms with Crippen molar-refractivity contribution in [2.45, 2.75) is 50.3 Å². The second-order valence-electron chi connectivity index (χ2n) is 5.08. The minimum Gasteiger partial charge on any atom is -0.394 e. The normalized spacial score (nSPS) is 21.4. The molecule has 0 saturated carbocycles. The van der Waals surface area contributed by atoms with Gasteiger partial charge in [0, 0.05) is 24.0 Å². The monoisotopic (exact) mass is 261 g/mol. The molecular formula is C13H27NO2S. The van der Waals surface area contributed by atoms with E-state index in [-0.39, 0.29) is 12.1 Å². The maximum Gasteiger partial charge on any atom is 0.0610 e. The maximum atomic E-state index is 9.46. The van der Waals surface area contributed by atoms with Crippen LogP contribution in [0.5, 0.6) is 0 Å². The van der Waals surface area contributed by atoms with Gasteiger partial charge in [-0.2, -0.15) is 11.8 Å². The average Bonchev–Trinajstić information content (AvgIpc) is 2.38. The molecule has 0 radical (unpaired) electrons. The van der Waals surface area contributed by atoms with Crippen molar-refractivity contribution >= 4 is 11.8 Å². The van der Waals surface area contributed by atoms with E-state index in [0.29, 0.717) is 0 Å². The van der Waals surface area contributed by atoms with Gasteiger partial charge in [0.1, 0.15) is 0 Å². The summed E-state index contributed by atoms with van der Waals surface area (Å²) in [5, 5.41) is 13.7. The number of nitrogens with one attached hydrogen (secondary N) is 1. The average molecular weight is 261 g/mol. The smallest absolute Gasteiger partial charge is 0.0610 e. The summed E-state index contributed by atoms with van der Waals surface area (Å²) in [6.07, 6.45) is 4.51. The largest absolute Gasteiger partial charge is 0.394 e. The second-order valence-corrected chi connectivity index (χ2v) is 6.49. The van der Waals surface area contributed by atoms with Crippen molar-refractivity contribution in [1.82, 2.24) is 5.32 Å². The molecule has 1 unspecified atom stereocenters. The van der Waals surface area contributed by atoms with E-state index in [1.165, 1.54) is 12.8 Å². The van der Waals surface area contributed by atoms with Crippen LogP contribution in [0.4, 0.5) is 0 Å². The molecule has 0 aromatic heterocycles. The summed E-state index contributed by atoms with van der Waals surface area (Å²) >= 11 is 2.04. The van der Waals surface area contributed by atoms with Gasteiger partial charge in [-0.1, -0.05) is 6.92 Å². The number of rotatable bonds is 8. The van der Waals surface area contributed by atoms with E-state index in [9.17, 15) is 5.11 Å². The number of hydrogen-bond donors (Lipinski definition) is 2. The lowest BCUT2D eigenvalue weighted by Gasteiger charge is -2.30. The molecule has 0 aromatic carbocycles. The molecule has 0 spiro atoms. The van der Waals surface area contributed by atoms with Gasteiger partial charge < -0.3 is 15.2 Å². The van der Waals surface area contributed by atoms with Crippen molar-refractivity contribution in [3.8, 4) is 0 Å². The molecule has 1 saturated heterocycles. The molecule has 1 fully saturated rings. The van der Waals surface area contributed by atoms with E-state index in [2.05, 4.69) is 19.2 Å². The SMILES string of the molecule is CCCNC(C)(CO)CCSC1CCOCC1. The third-order valence-electron chi connectivity index (χ3n) is 3.33. The van der Waals surface area contributed by atoms with Gasteiger partial charge in [0.15, 0.2) is 0 Å². The van der Waals surface area contributed by atoms with Gasteiger partial charge in [-0.3, -0.25) is 0 Å². The zero-order chi connectivity index (χ0) is 12.6. The van der Waals surface area contributed by atoms with Crippen LogP contribution >= 0.6 is 11.8 Å². The molecule has 0 aromatic rings. The molecule has 1 heterocycles. The first-order chi connectivity index (χ1) is 8.20. The van der Waals surface area contributed by atoms with Crippen LogP contribution in [-0.2, 0) is 4.74 Å². The summed E-state index contributed by atoms with van der Waals surface area (Å²) in [6.45, 7) is 7.32. The molecule has 4 heteroatoms. The molecule has 1 aliphatic rings. The minimum atomic E-state index is -0.103. The lowest BCUT2D eigenvalue weighted by molar-refractivity contribution is 0.0999. The Labute approximate surface area is 110 Å². The number of thioether (sulfide) groups is 1. The van der Waals surface area contributed by atoms with Gasteiger partial charge in [0.25, 0.3) is 0 Å². The molecule has 1 atom stereocenters. The minimum absolute atomic E-state index is 0.103. The highest BCUT2D eigenvalue weighted by atomic mass is 32.2. The lowest BCUT2D eigenvalue weighted by Crippen LogP contribution is -2.46. The van der Waals surface area contributed by atoms with Crippen molar-refractivity contribution in [1.29, 1.82) is 0 Å². The summed E-state index contributed by atoms with van der Waals surface area (Å²) < 4.78 is 5.36. The summed E-state index contributed by atoms with van der Waals surface area (Å²) in [7, 11) is 0. The van der Waals surface area contributed by atoms with E-state index in [1.54, 1.807) is 0 Å². The number of hydrogen-bond acceptors (Lipinski definition) is 4. The van der Waals surface area contributed by atoms with Crippen LogP contribution in [0.3, 0.4) is 0 Å². The van der Waals surface area contributed by atoms with Crippen molar-refractivity contribution in [3.05, 3.63) is 0 Å². The van der Waals surface area contributed by atoms with E-state index in [4.69, 9.17) is 4.74 Å². The molecule has 0 aliphatic carbocycles. The molecular weight excluding hydrogens is 234 g/mol. The quantitative estimate of drug-likeness (QED) is 0.701. The fraction of sp³-hybridized carbons (Fsp3) is 1.00. The Kier molecular flexibility index (Phi) is 7.51. The molecule has 0 amide bonds. The van der Waals surface area contributed by atoms with Crippen LogP contribution in [0, 0.1) is 0 Å². The third kappa shape index (κ3) is 6.09. The number of aliphatic hydroxyl groups excluding tert-OH is 1. The molecule has 3 nitrogen and oxygen atoms in total. The third-order valence-corrected chi connectivity index (χ3v) is 4.71. The number of aliphatic hydroxyl groups is 1. The first kappa shape index (κ1) is 15.3. The predicted octanol–water partition coefficient (Wildman–Crippen LogP) is 2.04. The van der Waals surface area contributed by atoms with E-state index >= 15 is 0 Å². The van der Waals surface area contributed by atoms with Crippen LogP contribution in [0.25, 0.3) is 0 Å². The Morgan fingerprint density at radius 1 is 1.41 bits per heavy atom. The van der Waals surface area contributed by atoms with Crippen LogP contribution in [-0.4, -0.2) is 48.0 Å². The lowest BCUT2D eigenvalue weighted by atomic mass is 10.0. The fourth-order valence-corrected chi connectivity index (χ4v) is 3.37. The van der Waals surface area contributed by atoms with Gasteiger partial charge in [-0.05, 0) is 44.9 Å². The Morgan fingerprint density at radius 3 is 2.71 bits per heavy atom. The van der Waals surface area contributed by atoms with Crippen molar-refractivity contribution in [2.75, 3.05) is 32.1 Å². The first-order valence-electron chi connectivity index (χ1n) is 6.75. The van der Waals surface area contributed by atoms with E-state index in [0.717, 1.165) is 43.6 Å². The standard InChI is InChI=1S/C13H27NO2S/c1-3-7-14-13(2,11-15)6-10-17-12-4-8-16-9-5-12/h12,14-15H,3-11H2,1-2H3. The van der Waals surface area contributed by atoms with Gasteiger partial charge in [-0.15, -0.1) is 0 Å². The maximum absolute atomic E-state index is 9.46. The first-order valence-corrected chi connectivity index (χ1v) is 7.80. The van der Waals surface area contributed by atoms with E-state index < -0.39 is 0 Å². The summed E-state index contributed by atoms with van der Waals surface area (Å²) in [4.78, 5) is 0. The van der Waals surface area contributed by atoms with Gasteiger partial charge >= 0.3 is 0 Å². The second kappa shape index (κ2) is 8.35. The predicted molar refractivity (Wildman–Crippen MR) is 74.7 cm³/mol. The van der Waals surface area contributed by atoms with Crippen LogP contribution < -0.4 is 5.32 Å². The molecule has 1 aliphatic heterocycles. The summed E-state index contributed by atoms with van der Waals surface area (Å²) in [6, 6.07) is 0. The van der Waals surface area contributed by atoms with Crippen LogP contribution in [0.2, 0.25) is 0 Å². The summed E-state index contributed by atoms with van der Waals surface area (Å²) in [5.41, 5.74) is -0.103. The highest BCUT2D eigenvalue weighted by Crippen LogP contribution is 2.24. The topological polar surface area (TPSA) is 41.5 Å². The molecule has 0 bridgehead atoms. The Hall–Kier alpha value is 0.230. The zero-order valence-electron chi connectivity index (χ0n) is 11.2. The van der Waals surface area contributed by atoms with Crippen molar-refractivity contribution in [2.24, 2.45) is 0 Å². The Morgan fingerprint density at radius 2 is 2.12 bits per heavy atom. The molecule has 1 rings (SSSR count). The Bertz CT molecular complexity index is 198. The fourth-order valence-electron chi connectivity index (χ4n) is 1.94. The van der Waals surface area contributed by atoms with Crippen molar-refractivity contribution < 1.29 is 9.84 Å². The molecule has 102 valence electrons. The summed E-state index contributed by atoms with van der Waals surface area (Å²) in [5.74, 6) is 1.12. The van der Waals surface area contributed by atoms with Gasteiger partial charge in [0.2, 0.25) is 0 Å². The Balaban J connectivity index is 2.17.